The minimum atomic E-state index is -0.622. The van der Waals surface area contributed by atoms with Gasteiger partial charge in [0, 0.05) is 19.6 Å². The molecule has 1 aromatic rings. The van der Waals surface area contributed by atoms with E-state index in [2.05, 4.69) is 0 Å². The Morgan fingerprint density at radius 1 is 1.39 bits per heavy atom. The van der Waals surface area contributed by atoms with E-state index in [9.17, 15) is 14.7 Å². The Hall–Kier alpha value is -2.34. The number of ketones is 1. The first kappa shape index (κ1) is 20.4. The predicted molar refractivity (Wildman–Crippen MR) is 105 cm³/mol. The molecule has 6 heteroatoms. The summed E-state index contributed by atoms with van der Waals surface area (Å²) in [7, 11) is 0. The van der Waals surface area contributed by atoms with Crippen molar-refractivity contribution < 1.29 is 24.2 Å². The van der Waals surface area contributed by atoms with E-state index in [1.807, 2.05) is 45.0 Å². The molecule has 6 nitrogen and oxygen atoms in total. The number of nitrogens with zero attached hydrogens (tertiary/aromatic N) is 1. The van der Waals surface area contributed by atoms with Gasteiger partial charge in [0.2, 0.25) is 0 Å². The molecule has 1 saturated heterocycles. The number of carbonyl (C=O) groups is 2. The lowest BCUT2D eigenvalue weighted by atomic mass is 9.92. The highest BCUT2D eigenvalue weighted by molar-refractivity contribution is 6.09. The Morgan fingerprint density at radius 3 is 2.82 bits per heavy atom. The third-order valence-corrected chi connectivity index (χ3v) is 5.11. The molecule has 0 spiro atoms. The summed E-state index contributed by atoms with van der Waals surface area (Å²) in [6.07, 6.45) is 2.03. The van der Waals surface area contributed by atoms with Gasteiger partial charge >= 0.3 is 0 Å². The maximum atomic E-state index is 12.9. The number of aliphatic hydroxyl groups excluding tert-OH is 1. The molecule has 2 unspecified atom stereocenters. The van der Waals surface area contributed by atoms with Gasteiger partial charge in [0.1, 0.15) is 5.75 Å². The fourth-order valence-electron chi connectivity index (χ4n) is 3.90. The number of Topliss-reactive ketones (excluding diaryl/α,β-unsaturated/α-hetero) is 1. The van der Waals surface area contributed by atoms with E-state index < -0.39 is 17.7 Å². The van der Waals surface area contributed by atoms with Crippen LogP contribution in [0.5, 0.6) is 5.75 Å². The van der Waals surface area contributed by atoms with Crippen LogP contribution in [-0.4, -0.2) is 47.6 Å². The van der Waals surface area contributed by atoms with Gasteiger partial charge in [-0.05, 0) is 43.4 Å². The molecular weight excluding hydrogens is 358 g/mol. The zero-order valence-corrected chi connectivity index (χ0v) is 16.8. The minimum absolute atomic E-state index is 0.0751. The van der Waals surface area contributed by atoms with Gasteiger partial charge in [0.05, 0.1) is 24.3 Å². The van der Waals surface area contributed by atoms with Crippen LogP contribution >= 0.6 is 0 Å². The van der Waals surface area contributed by atoms with Gasteiger partial charge in [-0.25, -0.2) is 0 Å². The highest BCUT2D eigenvalue weighted by Gasteiger charge is 2.44. The van der Waals surface area contributed by atoms with Crippen LogP contribution in [0.4, 0.5) is 0 Å². The Bertz CT molecular complexity index is 764. The summed E-state index contributed by atoms with van der Waals surface area (Å²) in [6, 6.07) is 6.76. The van der Waals surface area contributed by atoms with Crippen molar-refractivity contribution >= 4 is 11.7 Å². The lowest BCUT2D eigenvalue weighted by molar-refractivity contribution is -0.131. The molecule has 2 heterocycles. The molecule has 0 saturated carbocycles. The number of ether oxygens (including phenoxy) is 2. The van der Waals surface area contributed by atoms with E-state index in [1.165, 1.54) is 0 Å². The van der Waals surface area contributed by atoms with Gasteiger partial charge in [0.25, 0.3) is 5.91 Å². The zero-order chi connectivity index (χ0) is 20.3. The van der Waals surface area contributed by atoms with Crippen LogP contribution in [0.15, 0.2) is 35.6 Å². The van der Waals surface area contributed by atoms with Crippen molar-refractivity contribution in [2.75, 3.05) is 19.8 Å². The second-order valence-corrected chi connectivity index (χ2v) is 7.78. The lowest BCUT2D eigenvalue weighted by Crippen LogP contribution is -2.37. The van der Waals surface area contributed by atoms with Crippen LogP contribution in [0.3, 0.4) is 0 Å². The molecule has 0 aliphatic carbocycles. The normalized spacial score (nSPS) is 22.4. The number of rotatable bonds is 8. The van der Waals surface area contributed by atoms with Crippen LogP contribution in [0, 0.1) is 5.92 Å². The molecule has 28 heavy (non-hydrogen) atoms. The number of hydrogen-bond donors (Lipinski definition) is 1. The summed E-state index contributed by atoms with van der Waals surface area (Å²) >= 11 is 0. The van der Waals surface area contributed by atoms with Crippen LogP contribution in [0.2, 0.25) is 0 Å². The van der Waals surface area contributed by atoms with Crippen molar-refractivity contribution in [2.24, 2.45) is 5.92 Å². The molecule has 3 rings (SSSR count). The quantitative estimate of drug-likeness (QED) is 0.738. The molecule has 2 aliphatic rings. The van der Waals surface area contributed by atoms with Crippen molar-refractivity contribution in [3.05, 3.63) is 41.2 Å². The van der Waals surface area contributed by atoms with Gasteiger partial charge in [-0.1, -0.05) is 26.0 Å². The smallest absolute Gasteiger partial charge is 0.290 e. The molecule has 2 atom stereocenters. The number of amides is 1. The molecule has 0 bridgehead atoms. The van der Waals surface area contributed by atoms with E-state index in [0.29, 0.717) is 25.5 Å². The predicted octanol–water partition coefficient (Wildman–Crippen LogP) is 3.57. The maximum Gasteiger partial charge on any atom is 0.290 e. The summed E-state index contributed by atoms with van der Waals surface area (Å²) in [5.74, 6) is -0.329. The average Bonchev–Trinajstić information content (AvgIpc) is 3.24. The van der Waals surface area contributed by atoms with E-state index in [4.69, 9.17) is 9.47 Å². The second-order valence-electron chi connectivity index (χ2n) is 7.78. The first-order valence-corrected chi connectivity index (χ1v) is 10.0. The minimum Gasteiger partial charge on any atom is -0.503 e. The van der Waals surface area contributed by atoms with Crippen molar-refractivity contribution in [1.82, 2.24) is 4.90 Å². The molecule has 2 aliphatic heterocycles. The summed E-state index contributed by atoms with van der Waals surface area (Å²) in [6.45, 7) is 7.34. The van der Waals surface area contributed by atoms with Crippen molar-refractivity contribution in [3.63, 3.8) is 0 Å². The standard InChI is InChI=1S/C22H29NO5/c1-4-27-16-8-5-7-15(12-16)20-19(18(24)11-14(2)3)21(25)22(26)23(20)13-17-9-6-10-28-17/h5,7-8,12,14,17,20,25H,4,6,9-11,13H2,1-3H3. The highest BCUT2D eigenvalue weighted by atomic mass is 16.5. The summed E-state index contributed by atoms with van der Waals surface area (Å²) < 4.78 is 11.3. The third-order valence-electron chi connectivity index (χ3n) is 5.11. The first-order valence-electron chi connectivity index (χ1n) is 10.0. The monoisotopic (exact) mass is 387 g/mol. The van der Waals surface area contributed by atoms with Gasteiger partial charge < -0.3 is 19.5 Å². The molecule has 1 fully saturated rings. The van der Waals surface area contributed by atoms with Crippen molar-refractivity contribution in [2.45, 2.75) is 52.2 Å². The van der Waals surface area contributed by atoms with E-state index in [0.717, 1.165) is 18.4 Å². The zero-order valence-electron chi connectivity index (χ0n) is 16.8. The fourth-order valence-corrected chi connectivity index (χ4v) is 3.90. The molecule has 0 radical (unpaired) electrons. The fraction of sp³-hybridized carbons (Fsp3) is 0.545. The second kappa shape index (κ2) is 8.78. The van der Waals surface area contributed by atoms with Gasteiger partial charge in [0.15, 0.2) is 11.5 Å². The lowest BCUT2D eigenvalue weighted by Gasteiger charge is -2.29. The molecular formula is C22H29NO5. The Morgan fingerprint density at radius 2 is 2.18 bits per heavy atom. The SMILES string of the molecule is CCOc1cccc(C2C(C(=O)CC(C)C)=C(O)C(=O)N2CC2CCCO2)c1. The van der Waals surface area contributed by atoms with Gasteiger partial charge in [-0.3, -0.25) is 9.59 Å². The average molecular weight is 387 g/mol. The van der Waals surface area contributed by atoms with E-state index in [1.54, 1.807) is 4.90 Å². The first-order chi connectivity index (χ1) is 13.4. The molecule has 1 N–H and O–H groups in total. The van der Waals surface area contributed by atoms with Gasteiger partial charge in [-0.2, -0.15) is 0 Å². The maximum absolute atomic E-state index is 12.9. The van der Waals surface area contributed by atoms with Crippen LogP contribution in [0.1, 0.15) is 51.6 Å². The van der Waals surface area contributed by atoms with Gasteiger partial charge in [-0.15, -0.1) is 0 Å². The van der Waals surface area contributed by atoms with E-state index in [-0.39, 0.29) is 29.8 Å². The van der Waals surface area contributed by atoms with Crippen molar-refractivity contribution in [1.29, 1.82) is 0 Å². The molecule has 1 amide bonds. The topological polar surface area (TPSA) is 76.1 Å². The van der Waals surface area contributed by atoms with Crippen molar-refractivity contribution in [3.8, 4) is 5.75 Å². The molecule has 0 aromatic heterocycles. The third kappa shape index (κ3) is 4.22. The molecule has 1 aromatic carbocycles. The molecule has 152 valence electrons. The largest absolute Gasteiger partial charge is 0.503 e. The summed E-state index contributed by atoms with van der Waals surface area (Å²) in [4.78, 5) is 27.4. The van der Waals surface area contributed by atoms with E-state index >= 15 is 0 Å². The Balaban J connectivity index is 1.99. The highest BCUT2D eigenvalue weighted by Crippen LogP contribution is 2.40. The summed E-state index contributed by atoms with van der Waals surface area (Å²) in [5, 5.41) is 10.6. The van der Waals surface area contributed by atoms with Crippen LogP contribution < -0.4 is 4.74 Å². The number of aliphatic hydroxyl groups is 1. The Labute approximate surface area is 166 Å². The summed E-state index contributed by atoms with van der Waals surface area (Å²) in [5.41, 5.74) is 0.943. The Kier molecular flexibility index (Phi) is 6.39. The number of benzene rings is 1. The van der Waals surface area contributed by atoms with Crippen LogP contribution in [-0.2, 0) is 14.3 Å². The van der Waals surface area contributed by atoms with Crippen LogP contribution in [0.25, 0.3) is 0 Å². The number of hydrogen-bond acceptors (Lipinski definition) is 5. The number of carbonyl (C=O) groups excluding carboxylic acids is 2.